The predicted molar refractivity (Wildman–Crippen MR) is 83.0 cm³/mol. The lowest BCUT2D eigenvalue weighted by atomic mass is 10.1. The summed E-state index contributed by atoms with van der Waals surface area (Å²) in [5.41, 5.74) is 8.26. The van der Waals surface area contributed by atoms with E-state index in [1.165, 1.54) is 5.69 Å². The largest absolute Gasteiger partial charge is 0.370 e. The van der Waals surface area contributed by atoms with Crippen LogP contribution in [0.3, 0.4) is 0 Å². The minimum absolute atomic E-state index is 0.0780. The van der Waals surface area contributed by atoms with E-state index in [2.05, 4.69) is 59.3 Å². The first-order chi connectivity index (χ1) is 7.97. The molecule has 0 aromatic heterocycles. The maximum Gasteiger partial charge on any atom is 0.0510 e. The van der Waals surface area contributed by atoms with Gasteiger partial charge in [-0.25, -0.2) is 0 Å². The Labute approximate surface area is 117 Å². The fourth-order valence-electron chi connectivity index (χ4n) is 1.68. The third kappa shape index (κ3) is 3.90. The van der Waals surface area contributed by atoms with Crippen molar-refractivity contribution in [3.63, 3.8) is 0 Å². The topological polar surface area (TPSA) is 29.3 Å². The predicted octanol–water partition coefficient (Wildman–Crippen LogP) is 3.66. The molecule has 0 fully saturated rings. The van der Waals surface area contributed by atoms with Gasteiger partial charge in [-0.05, 0) is 53.7 Å². The van der Waals surface area contributed by atoms with Crippen molar-refractivity contribution < 1.29 is 0 Å². The molecule has 2 N–H and O–H groups in total. The second-order valence-corrected chi connectivity index (χ2v) is 6.18. The molecule has 1 unspecified atom stereocenters. The molecule has 0 saturated heterocycles. The number of nitrogens with two attached hydrogens (primary N) is 1. The van der Waals surface area contributed by atoms with E-state index >= 15 is 0 Å². The van der Waals surface area contributed by atoms with Crippen LogP contribution in [0.15, 0.2) is 22.7 Å². The van der Waals surface area contributed by atoms with Crippen molar-refractivity contribution >= 4 is 33.4 Å². The van der Waals surface area contributed by atoms with Gasteiger partial charge in [0.25, 0.3) is 0 Å². The molecule has 0 amide bonds. The van der Waals surface area contributed by atoms with Crippen molar-refractivity contribution in [2.45, 2.75) is 25.9 Å². The van der Waals surface area contributed by atoms with E-state index in [9.17, 15) is 0 Å². The lowest BCUT2D eigenvalue weighted by Crippen LogP contribution is -2.31. The Balaban J connectivity index is 2.91. The molecule has 0 spiro atoms. The zero-order valence-electron chi connectivity index (χ0n) is 10.9. The van der Waals surface area contributed by atoms with Crippen LogP contribution < -0.4 is 10.6 Å². The van der Waals surface area contributed by atoms with Crippen LogP contribution >= 0.6 is 27.7 Å². The average molecular weight is 317 g/mol. The molecule has 0 bridgehead atoms. The van der Waals surface area contributed by atoms with Crippen molar-refractivity contribution in [3.8, 4) is 0 Å². The van der Waals surface area contributed by atoms with Crippen LogP contribution in [0.4, 0.5) is 5.69 Å². The summed E-state index contributed by atoms with van der Waals surface area (Å²) in [5.74, 6) is 1.12. The molecule has 0 aliphatic rings. The van der Waals surface area contributed by atoms with Gasteiger partial charge >= 0.3 is 0 Å². The number of hydrogen-bond acceptors (Lipinski definition) is 3. The SMILES string of the molecule is CSCC(C)N(C)c1ccc([C@H](C)N)cc1Br. The second-order valence-electron chi connectivity index (χ2n) is 4.41. The van der Waals surface area contributed by atoms with Crippen LogP contribution in [-0.4, -0.2) is 25.1 Å². The summed E-state index contributed by atoms with van der Waals surface area (Å²) < 4.78 is 1.11. The Bertz CT molecular complexity index is 368. The smallest absolute Gasteiger partial charge is 0.0510 e. The van der Waals surface area contributed by atoms with Gasteiger partial charge in [0.15, 0.2) is 0 Å². The Hall–Kier alpha value is -0.190. The Morgan fingerprint density at radius 3 is 2.53 bits per heavy atom. The molecule has 0 aliphatic heterocycles. The summed E-state index contributed by atoms with van der Waals surface area (Å²) >= 11 is 5.50. The highest BCUT2D eigenvalue weighted by molar-refractivity contribution is 9.10. The van der Waals surface area contributed by atoms with Gasteiger partial charge in [-0.3, -0.25) is 0 Å². The van der Waals surface area contributed by atoms with Crippen molar-refractivity contribution in [3.05, 3.63) is 28.2 Å². The fraction of sp³-hybridized carbons (Fsp3) is 0.538. The van der Waals surface area contributed by atoms with Gasteiger partial charge in [-0.15, -0.1) is 0 Å². The van der Waals surface area contributed by atoms with E-state index in [1.807, 2.05) is 18.7 Å². The Kier molecular flexibility index (Phi) is 5.83. The van der Waals surface area contributed by atoms with E-state index in [4.69, 9.17) is 5.73 Å². The van der Waals surface area contributed by atoms with E-state index in [0.717, 1.165) is 15.8 Å². The monoisotopic (exact) mass is 316 g/mol. The van der Waals surface area contributed by atoms with Crippen LogP contribution in [0.1, 0.15) is 25.5 Å². The number of thioether (sulfide) groups is 1. The number of nitrogens with zero attached hydrogens (tertiary/aromatic N) is 1. The number of anilines is 1. The molecule has 2 atom stereocenters. The summed E-state index contributed by atoms with van der Waals surface area (Å²) in [6.45, 7) is 4.24. The maximum absolute atomic E-state index is 5.88. The van der Waals surface area contributed by atoms with Crippen LogP contribution in [0.25, 0.3) is 0 Å². The lowest BCUT2D eigenvalue weighted by Gasteiger charge is -2.28. The number of hydrogen-bond donors (Lipinski definition) is 1. The van der Waals surface area contributed by atoms with E-state index in [1.54, 1.807) is 0 Å². The van der Waals surface area contributed by atoms with Crippen molar-refractivity contribution in [2.24, 2.45) is 5.73 Å². The minimum Gasteiger partial charge on any atom is -0.370 e. The normalized spacial score (nSPS) is 14.5. The number of benzene rings is 1. The molecule has 17 heavy (non-hydrogen) atoms. The first-order valence-electron chi connectivity index (χ1n) is 5.74. The Morgan fingerprint density at radius 2 is 2.06 bits per heavy atom. The minimum atomic E-state index is 0.0780. The molecule has 4 heteroatoms. The average Bonchev–Trinajstić information content (AvgIpc) is 2.28. The molecule has 2 nitrogen and oxygen atoms in total. The van der Waals surface area contributed by atoms with Gasteiger partial charge in [-0.1, -0.05) is 6.07 Å². The van der Waals surface area contributed by atoms with E-state index in [-0.39, 0.29) is 6.04 Å². The first kappa shape index (κ1) is 14.9. The van der Waals surface area contributed by atoms with Gasteiger partial charge in [0.1, 0.15) is 0 Å². The van der Waals surface area contributed by atoms with Crippen LogP contribution in [-0.2, 0) is 0 Å². The summed E-state index contributed by atoms with van der Waals surface area (Å²) in [6.07, 6.45) is 2.14. The standard InChI is InChI=1S/C13H21BrN2S/c1-9(8-17-4)16(3)13-6-5-11(10(2)15)7-12(13)14/h5-7,9-10H,8,15H2,1-4H3/t9?,10-/m0/s1. The van der Waals surface area contributed by atoms with Gasteiger partial charge < -0.3 is 10.6 Å². The zero-order valence-corrected chi connectivity index (χ0v) is 13.3. The van der Waals surface area contributed by atoms with Crippen molar-refractivity contribution in [1.29, 1.82) is 0 Å². The molecule has 0 radical (unpaired) electrons. The second kappa shape index (κ2) is 6.66. The quantitative estimate of drug-likeness (QED) is 0.899. The summed E-state index contributed by atoms with van der Waals surface area (Å²) in [6, 6.07) is 6.95. The van der Waals surface area contributed by atoms with Crippen LogP contribution in [0.5, 0.6) is 0 Å². The molecule has 96 valence electrons. The molecule has 1 rings (SSSR count). The maximum atomic E-state index is 5.88. The van der Waals surface area contributed by atoms with Gasteiger partial charge in [0, 0.05) is 29.4 Å². The van der Waals surface area contributed by atoms with Crippen molar-refractivity contribution in [2.75, 3.05) is 24.0 Å². The summed E-state index contributed by atoms with van der Waals surface area (Å²) in [5, 5.41) is 0. The number of halogens is 1. The van der Waals surface area contributed by atoms with E-state index in [0.29, 0.717) is 6.04 Å². The highest BCUT2D eigenvalue weighted by Gasteiger charge is 2.13. The Morgan fingerprint density at radius 1 is 1.41 bits per heavy atom. The molecular weight excluding hydrogens is 296 g/mol. The molecule has 0 aliphatic carbocycles. The third-order valence-corrected chi connectivity index (χ3v) is 4.40. The summed E-state index contributed by atoms with van der Waals surface area (Å²) in [7, 11) is 2.13. The van der Waals surface area contributed by atoms with E-state index < -0.39 is 0 Å². The molecule has 1 aromatic rings. The highest BCUT2D eigenvalue weighted by Crippen LogP contribution is 2.29. The molecule has 0 saturated carbocycles. The van der Waals surface area contributed by atoms with Crippen LogP contribution in [0.2, 0.25) is 0 Å². The lowest BCUT2D eigenvalue weighted by molar-refractivity contribution is 0.761. The zero-order chi connectivity index (χ0) is 13.0. The van der Waals surface area contributed by atoms with Crippen molar-refractivity contribution in [1.82, 2.24) is 0 Å². The summed E-state index contributed by atoms with van der Waals surface area (Å²) in [4.78, 5) is 2.30. The molecule has 0 heterocycles. The highest BCUT2D eigenvalue weighted by atomic mass is 79.9. The fourth-order valence-corrected chi connectivity index (χ4v) is 3.07. The number of rotatable bonds is 5. The van der Waals surface area contributed by atoms with Gasteiger partial charge in [0.05, 0.1) is 5.69 Å². The van der Waals surface area contributed by atoms with Gasteiger partial charge in [-0.2, -0.15) is 11.8 Å². The third-order valence-electron chi connectivity index (χ3n) is 2.95. The van der Waals surface area contributed by atoms with Crippen LogP contribution in [0, 0.1) is 0 Å². The molecular formula is C13H21BrN2S. The first-order valence-corrected chi connectivity index (χ1v) is 7.92. The van der Waals surface area contributed by atoms with Gasteiger partial charge in [0.2, 0.25) is 0 Å². The molecule has 1 aromatic carbocycles.